The second-order valence-electron chi connectivity index (χ2n) is 14.7. The zero-order chi connectivity index (χ0) is 41.2. The molecule has 58 heavy (non-hydrogen) atoms. The number of carbonyl (C=O) groups is 1. The number of hydrogen-bond acceptors (Lipinski definition) is 12. The van der Waals surface area contributed by atoms with Crippen molar-refractivity contribution < 1.29 is 53.4 Å². The van der Waals surface area contributed by atoms with Crippen LogP contribution in [0.25, 0.3) is 0 Å². The highest BCUT2D eigenvalue weighted by Crippen LogP contribution is 2.62. The molecule has 6 atom stereocenters. The van der Waals surface area contributed by atoms with E-state index in [0.717, 1.165) is 42.4 Å². The lowest BCUT2D eigenvalue weighted by atomic mass is 9.55. The predicted octanol–water partition coefficient (Wildman–Crippen LogP) is 6.18. The minimum atomic E-state index is -1.46. The van der Waals surface area contributed by atoms with Crippen LogP contribution in [0.2, 0.25) is 0 Å². The Morgan fingerprint density at radius 2 is 1.71 bits per heavy atom. The van der Waals surface area contributed by atoms with Crippen molar-refractivity contribution in [3.63, 3.8) is 0 Å². The van der Waals surface area contributed by atoms with Gasteiger partial charge in [-0.15, -0.1) is 6.58 Å². The average Bonchev–Trinajstić information content (AvgIpc) is 3.24. The van der Waals surface area contributed by atoms with Crippen molar-refractivity contribution in [2.45, 2.75) is 69.3 Å². The molecule has 1 aliphatic heterocycles. The highest BCUT2D eigenvalue weighted by Gasteiger charge is 2.65. The van der Waals surface area contributed by atoms with Crippen molar-refractivity contribution in [2.24, 2.45) is 22.9 Å². The van der Waals surface area contributed by atoms with Crippen molar-refractivity contribution in [2.75, 3.05) is 73.1 Å². The Kier molecular flexibility index (Phi) is 18.1. The number of unbranched alkanes of at least 4 members (excludes halogenated alkanes) is 2. The van der Waals surface area contributed by atoms with Crippen LogP contribution in [0.15, 0.2) is 90.6 Å². The van der Waals surface area contributed by atoms with E-state index in [4.69, 9.17) is 33.3 Å². The van der Waals surface area contributed by atoms with Gasteiger partial charge in [-0.3, -0.25) is 4.90 Å². The summed E-state index contributed by atoms with van der Waals surface area (Å²) in [5.74, 6) is -0.737. The Bertz CT molecular complexity index is 1650. The van der Waals surface area contributed by atoms with Gasteiger partial charge in [0.1, 0.15) is 37.9 Å². The predicted molar refractivity (Wildman–Crippen MR) is 220 cm³/mol. The molecule has 0 spiro atoms. The van der Waals surface area contributed by atoms with E-state index in [1.807, 2.05) is 48.5 Å². The van der Waals surface area contributed by atoms with E-state index in [1.54, 1.807) is 17.1 Å². The number of carbonyl (C=O) groups excluding carboxylic acids is 1. The first-order valence-corrected chi connectivity index (χ1v) is 20.5. The van der Waals surface area contributed by atoms with Gasteiger partial charge in [0.25, 0.3) is 0 Å². The molecule has 0 bridgehead atoms. The smallest absolute Gasteiger partial charge is 0.410 e. The third kappa shape index (κ3) is 11.1. The summed E-state index contributed by atoms with van der Waals surface area (Å²) in [7, 11) is 1.51. The zero-order valence-electron chi connectivity index (χ0n) is 33.9. The summed E-state index contributed by atoms with van der Waals surface area (Å²) < 4.78 is 37.7. The van der Waals surface area contributed by atoms with E-state index in [1.165, 1.54) is 7.11 Å². The topological polar surface area (TPSA) is 158 Å². The third-order valence-electron chi connectivity index (χ3n) is 11.1. The molecule has 1 amide bonds. The van der Waals surface area contributed by atoms with Crippen molar-refractivity contribution in [1.29, 1.82) is 0 Å². The van der Waals surface area contributed by atoms with Gasteiger partial charge in [-0.2, -0.15) is 0 Å². The third-order valence-corrected chi connectivity index (χ3v) is 11.1. The quantitative estimate of drug-likeness (QED) is 0.0567. The lowest BCUT2D eigenvalue weighted by molar-refractivity contribution is -0.256. The van der Waals surface area contributed by atoms with Crippen LogP contribution in [0.1, 0.15) is 62.0 Å². The second kappa shape index (κ2) is 23.4. The molecule has 2 aliphatic carbocycles. The highest BCUT2D eigenvalue weighted by atomic mass is 16.7. The van der Waals surface area contributed by atoms with E-state index >= 15 is 0 Å². The first kappa shape index (κ1) is 44.9. The van der Waals surface area contributed by atoms with Gasteiger partial charge in [-0.05, 0) is 66.9 Å². The molecule has 3 N–H and O–H groups in total. The number of allylic oxidation sites excluding steroid dienone is 1. The largest absolute Gasteiger partial charge is 0.490 e. The average molecular weight is 807 g/mol. The van der Waals surface area contributed by atoms with Crippen molar-refractivity contribution in [3.8, 4) is 11.5 Å². The Labute approximate surface area is 342 Å². The number of hydrogen-bond donors (Lipinski definition) is 3. The maximum Gasteiger partial charge on any atom is 0.410 e. The van der Waals surface area contributed by atoms with Gasteiger partial charge >= 0.3 is 6.09 Å². The molecule has 13 nitrogen and oxygen atoms in total. The molecule has 1 fully saturated rings. The minimum absolute atomic E-state index is 0.00273. The summed E-state index contributed by atoms with van der Waals surface area (Å²) in [4.78, 5) is 21.5. The molecule has 0 unspecified atom stereocenters. The number of fused-ring (bicyclic) bond motifs is 2. The second-order valence-corrected chi connectivity index (χ2v) is 14.7. The molecular formula is C45H62N2O11. The molecule has 2 aromatic rings. The summed E-state index contributed by atoms with van der Waals surface area (Å²) >= 11 is 0. The zero-order valence-corrected chi connectivity index (χ0v) is 33.9. The molecule has 2 aromatic carbocycles. The Morgan fingerprint density at radius 3 is 2.43 bits per heavy atom. The van der Waals surface area contributed by atoms with Gasteiger partial charge in [-0.1, -0.05) is 73.1 Å². The number of ether oxygens (including phenoxy) is 6. The first-order chi connectivity index (χ1) is 28.5. The number of amides is 1. The molecule has 13 heteroatoms. The maximum absolute atomic E-state index is 14.4. The Balaban J connectivity index is 1.63. The molecule has 5 rings (SSSR count). The fourth-order valence-corrected chi connectivity index (χ4v) is 8.74. The normalized spacial score (nSPS) is 23.8. The lowest BCUT2D eigenvalue weighted by Gasteiger charge is -2.59. The van der Waals surface area contributed by atoms with Gasteiger partial charge < -0.3 is 48.6 Å². The molecule has 1 saturated carbocycles. The molecule has 0 saturated heterocycles. The summed E-state index contributed by atoms with van der Waals surface area (Å²) in [6.45, 7) is 9.14. The fourth-order valence-electron chi connectivity index (χ4n) is 8.74. The fraction of sp³-hybridized carbons (Fsp3) is 0.556. The Hall–Kier alpha value is -4.24. The number of aliphatic hydroxyl groups excluding tert-OH is 3. The van der Waals surface area contributed by atoms with Crippen LogP contribution in [-0.4, -0.2) is 117 Å². The van der Waals surface area contributed by atoms with E-state index in [9.17, 15) is 20.1 Å². The molecule has 0 radical (unpaired) electrons. The van der Waals surface area contributed by atoms with E-state index in [0.29, 0.717) is 43.3 Å². The summed E-state index contributed by atoms with van der Waals surface area (Å²) in [5, 5.41) is 33.8. The van der Waals surface area contributed by atoms with Gasteiger partial charge in [0.15, 0.2) is 0 Å². The number of rotatable bonds is 26. The van der Waals surface area contributed by atoms with Gasteiger partial charge in [0, 0.05) is 37.7 Å². The molecule has 1 heterocycles. The van der Waals surface area contributed by atoms with E-state index in [-0.39, 0.29) is 83.6 Å². The van der Waals surface area contributed by atoms with E-state index in [2.05, 4.69) is 24.4 Å². The lowest BCUT2D eigenvalue weighted by Crippen LogP contribution is -2.70. The monoisotopic (exact) mass is 806 g/mol. The highest BCUT2D eigenvalue weighted by molar-refractivity contribution is 6.02. The summed E-state index contributed by atoms with van der Waals surface area (Å²) in [6.07, 6.45) is 9.83. The number of nitrogens with zero attached hydrogens (tertiary/aromatic N) is 2. The van der Waals surface area contributed by atoms with Crippen molar-refractivity contribution in [1.82, 2.24) is 4.90 Å². The summed E-state index contributed by atoms with van der Waals surface area (Å²) in [5.41, 5.74) is 3.54. The molecule has 0 aromatic heterocycles. The maximum atomic E-state index is 14.4. The van der Waals surface area contributed by atoms with Crippen LogP contribution < -0.4 is 9.47 Å². The van der Waals surface area contributed by atoms with Crippen LogP contribution in [0, 0.1) is 17.8 Å². The number of aliphatic hydroxyl groups is 3. The van der Waals surface area contributed by atoms with Crippen LogP contribution in [0.4, 0.5) is 4.79 Å². The number of benzene rings is 2. The van der Waals surface area contributed by atoms with Crippen LogP contribution in [-0.2, 0) is 30.4 Å². The van der Waals surface area contributed by atoms with Gasteiger partial charge in [0.05, 0.1) is 51.3 Å². The molecule has 318 valence electrons. The SMILES string of the molecule is C=CCOc1ccc2c(c1)[C@H]1[C@H](CCCCO)[C@@H](CCCCO)C=C3C(=NOC)C[C@H](N(CCOCCO)C(=O)OCCOCc4ccccc4)[C@@](OCC=C)(O2)[C@H]31. The van der Waals surface area contributed by atoms with E-state index < -0.39 is 23.8 Å². The Morgan fingerprint density at radius 1 is 0.931 bits per heavy atom. The van der Waals surface area contributed by atoms with Crippen LogP contribution in [0.5, 0.6) is 11.5 Å². The van der Waals surface area contributed by atoms with Crippen molar-refractivity contribution in [3.05, 3.63) is 96.6 Å². The summed E-state index contributed by atoms with van der Waals surface area (Å²) in [6, 6.07) is 14.8. The molecule has 3 aliphatic rings. The standard InChI is InChI=1S/C45H62N2O11/c1-4-23-55-35-17-18-40-38(30-35)42-36(16-10-12-21-49)34(15-9-11-20-48)29-37-39(46-52-3)31-41(45(58-40,43(37)42)57-24-5-2)47(19-25-53-26-22-50)44(51)56-28-27-54-32-33-13-7-6-8-14-33/h4-8,13-14,17-18,29-30,34,36,41-43,48-50H,1-2,9-12,15-16,19-28,31-32H2,3H3/t34-,36+,41-,42+,43+,45+/m0/s1. The van der Waals surface area contributed by atoms with Gasteiger partial charge in [-0.25, -0.2) is 4.79 Å². The first-order valence-electron chi connectivity index (χ1n) is 20.5. The van der Waals surface area contributed by atoms with Crippen LogP contribution in [0.3, 0.4) is 0 Å². The van der Waals surface area contributed by atoms with Gasteiger partial charge in [0.2, 0.25) is 5.79 Å². The van der Waals surface area contributed by atoms with Crippen molar-refractivity contribution >= 4 is 11.8 Å². The molecular weight excluding hydrogens is 744 g/mol. The number of oxime groups is 1. The minimum Gasteiger partial charge on any atom is -0.490 e. The van der Waals surface area contributed by atoms with Crippen LogP contribution >= 0.6 is 0 Å².